The Morgan fingerprint density at radius 1 is 1.45 bits per heavy atom. The van der Waals surface area contributed by atoms with E-state index in [1.165, 1.54) is 19.4 Å². The molecule has 2 fully saturated rings. The summed E-state index contributed by atoms with van der Waals surface area (Å²) >= 11 is 5.89. The molecule has 5 nitrogen and oxygen atoms in total. The summed E-state index contributed by atoms with van der Waals surface area (Å²) in [6.45, 7) is 5.26. The van der Waals surface area contributed by atoms with Crippen LogP contribution in [-0.2, 0) is 0 Å². The summed E-state index contributed by atoms with van der Waals surface area (Å²) in [6.07, 6.45) is 2.46. The first-order valence-electron chi connectivity index (χ1n) is 6.97. The van der Waals surface area contributed by atoms with Crippen molar-refractivity contribution in [3.8, 4) is 0 Å². The smallest absolute Gasteiger partial charge is 0.356 e. The van der Waals surface area contributed by atoms with Crippen LogP contribution in [0.3, 0.4) is 0 Å². The van der Waals surface area contributed by atoms with Gasteiger partial charge in [-0.05, 0) is 38.4 Å². The molecule has 2 atom stereocenters. The molecule has 2 aliphatic rings. The SMILES string of the molecule is CC1CN2CCCC2CN1c1ccc(Cl)c(C(=O)O)n1. The highest BCUT2D eigenvalue weighted by Crippen LogP contribution is 2.28. The Kier molecular flexibility index (Phi) is 3.56. The van der Waals surface area contributed by atoms with Crippen LogP contribution in [-0.4, -0.2) is 52.7 Å². The molecule has 20 heavy (non-hydrogen) atoms. The van der Waals surface area contributed by atoms with Gasteiger partial charge in [0.15, 0.2) is 5.69 Å². The zero-order valence-electron chi connectivity index (χ0n) is 11.4. The predicted molar refractivity (Wildman–Crippen MR) is 77.6 cm³/mol. The third-order valence-electron chi connectivity index (χ3n) is 4.27. The Morgan fingerprint density at radius 3 is 3.00 bits per heavy atom. The third-order valence-corrected chi connectivity index (χ3v) is 4.57. The van der Waals surface area contributed by atoms with Crippen LogP contribution in [0, 0.1) is 0 Å². The van der Waals surface area contributed by atoms with Gasteiger partial charge in [0.05, 0.1) is 5.02 Å². The van der Waals surface area contributed by atoms with Crippen LogP contribution in [0.25, 0.3) is 0 Å². The molecule has 0 aromatic carbocycles. The van der Waals surface area contributed by atoms with Crippen LogP contribution in [0.4, 0.5) is 5.82 Å². The van der Waals surface area contributed by atoms with Crippen LogP contribution < -0.4 is 4.90 Å². The maximum atomic E-state index is 11.1. The minimum Gasteiger partial charge on any atom is -0.476 e. The maximum absolute atomic E-state index is 11.1. The molecule has 2 aliphatic heterocycles. The van der Waals surface area contributed by atoms with E-state index in [0.29, 0.717) is 17.9 Å². The Hall–Kier alpha value is -1.33. The molecule has 0 bridgehead atoms. The number of rotatable bonds is 2. The van der Waals surface area contributed by atoms with Crippen LogP contribution in [0.2, 0.25) is 5.02 Å². The average Bonchev–Trinajstić information content (AvgIpc) is 2.85. The zero-order valence-corrected chi connectivity index (χ0v) is 12.2. The molecule has 3 heterocycles. The van der Waals surface area contributed by atoms with Gasteiger partial charge in [-0.3, -0.25) is 4.90 Å². The van der Waals surface area contributed by atoms with Crippen LogP contribution in [0.15, 0.2) is 12.1 Å². The first-order chi connectivity index (χ1) is 9.56. The van der Waals surface area contributed by atoms with Gasteiger partial charge in [0.2, 0.25) is 0 Å². The molecule has 1 aromatic rings. The molecule has 0 spiro atoms. The Balaban J connectivity index is 1.88. The molecule has 2 unspecified atom stereocenters. The third kappa shape index (κ3) is 2.36. The number of aromatic nitrogens is 1. The van der Waals surface area contributed by atoms with E-state index in [1.807, 2.05) is 6.07 Å². The van der Waals surface area contributed by atoms with Gasteiger partial charge in [0, 0.05) is 25.2 Å². The number of anilines is 1. The lowest BCUT2D eigenvalue weighted by atomic mass is 10.1. The normalized spacial score (nSPS) is 26.6. The Labute approximate surface area is 123 Å². The molecule has 0 amide bonds. The van der Waals surface area contributed by atoms with Gasteiger partial charge in [0.1, 0.15) is 5.82 Å². The molecule has 3 rings (SSSR count). The fraction of sp³-hybridized carbons (Fsp3) is 0.571. The molecular formula is C14H18ClN3O2. The first kappa shape index (κ1) is 13.6. The largest absolute Gasteiger partial charge is 0.476 e. The van der Waals surface area contributed by atoms with E-state index in [-0.39, 0.29) is 10.7 Å². The van der Waals surface area contributed by atoms with E-state index in [2.05, 4.69) is 21.7 Å². The summed E-state index contributed by atoms with van der Waals surface area (Å²) in [4.78, 5) is 20.1. The second-order valence-corrected chi connectivity index (χ2v) is 6.00. The summed E-state index contributed by atoms with van der Waals surface area (Å²) in [5.74, 6) is -0.366. The zero-order chi connectivity index (χ0) is 14.3. The number of carboxylic acids is 1. The molecule has 1 N–H and O–H groups in total. The second kappa shape index (κ2) is 5.22. The van der Waals surface area contributed by atoms with Crippen molar-refractivity contribution < 1.29 is 9.90 Å². The number of carboxylic acid groups (broad SMARTS) is 1. The highest BCUT2D eigenvalue weighted by atomic mass is 35.5. The molecule has 108 valence electrons. The lowest BCUT2D eigenvalue weighted by Crippen LogP contribution is -2.55. The number of nitrogens with zero attached hydrogens (tertiary/aromatic N) is 3. The van der Waals surface area contributed by atoms with Crippen molar-refractivity contribution in [1.82, 2.24) is 9.88 Å². The summed E-state index contributed by atoms with van der Waals surface area (Å²) in [7, 11) is 0. The molecule has 0 aliphatic carbocycles. The van der Waals surface area contributed by atoms with Crippen molar-refractivity contribution in [2.24, 2.45) is 0 Å². The van der Waals surface area contributed by atoms with E-state index in [1.54, 1.807) is 6.07 Å². The number of hydrogen-bond donors (Lipinski definition) is 1. The summed E-state index contributed by atoms with van der Waals surface area (Å²) in [5.41, 5.74) is -0.0646. The van der Waals surface area contributed by atoms with E-state index >= 15 is 0 Å². The fourth-order valence-corrected chi connectivity index (χ4v) is 3.43. The number of carbonyl (C=O) groups is 1. The molecule has 2 saturated heterocycles. The lowest BCUT2D eigenvalue weighted by molar-refractivity contribution is 0.0690. The van der Waals surface area contributed by atoms with Crippen molar-refractivity contribution >= 4 is 23.4 Å². The van der Waals surface area contributed by atoms with Gasteiger partial charge >= 0.3 is 5.97 Å². The van der Waals surface area contributed by atoms with Crippen molar-refractivity contribution in [1.29, 1.82) is 0 Å². The van der Waals surface area contributed by atoms with Crippen LogP contribution >= 0.6 is 11.6 Å². The van der Waals surface area contributed by atoms with Gasteiger partial charge in [-0.2, -0.15) is 0 Å². The van der Waals surface area contributed by atoms with E-state index in [9.17, 15) is 4.79 Å². The van der Waals surface area contributed by atoms with Crippen molar-refractivity contribution in [2.75, 3.05) is 24.5 Å². The van der Waals surface area contributed by atoms with Gasteiger partial charge in [-0.1, -0.05) is 11.6 Å². The lowest BCUT2D eigenvalue weighted by Gasteiger charge is -2.43. The van der Waals surface area contributed by atoms with Crippen molar-refractivity contribution in [3.05, 3.63) is 22.8 Å². The minimum atomic E-state index is -1.08. The van der Waals surface area contributed by atoms with E-state index in [0.717, 1.165) is 13.1 Å². The van der Waals surface area contributed by atoms with E-state index < -0.39 is 5.97 Å². The monoisotopic (exact) mass is 295 g/mol. The minimum absolute atomic E-state index is 0.0646. The summed E-state index contributed by atoms with van der Waals surface area (Å²) in [5, 5.41) is 9.32. The Morgan fingerprint density at radius 2 is 2.25 bits per heavy atom. The quantitative estimate of drug-likeness (QED) is 0.905. The second-order valence-electron chi connectivity index (χ2n) is 5.60. The number of halogens is 1. The summed E-state index contributed by atoms with van der Waals surface area (Å²) in [6, 6.07) is 4.34. The highest BCUT2D eigenvalue weighted by Gasteiger charge is 2.35. The number of piperazine rings is 1. The molecule has 0 saturated carbocycles. The van der Waals surface area contributed by atoms with Crippen molar-refractivity contribution in [3.63, 3.8) is 0 Å². The van der Waals surface area contributed by atoms with Gasteiger partial charge in [-0.15, -0.1) is 0 Å². The molecular weight excluding hydrogens is 278 g/mol. The number of hydrogen-bond acceptors (Lipinski definition) is 4. The first-order valence-corrected chi connectivity index (χ1v) is 7.34. The Bertz CT molecular complexity index is 537. The van der Waals surface area contributed by atoms with Gasteiger partial charge < -0.3 is 10.0 Å². The van der Waals surface area contributed by atoms with Crippen LogP contribution in [0.1, 0.15) is 30.3 Å². The van der Waals surface area contributed by atoms with Crippen molar-refractivity contribution in [2.45, 2.75) is 31.8 Å². The van der Waals surface area contributed by atoms with Crippen LogP contribution in [0.5, 0.6) is 0 Å². The number of aromatic carboxylic acids is 1. The maximum Gasteiger partial charge on any atom is 0.356 e. The topological polar surface area (TPSA) is 56.7 Å². The van der Waals surface area contributed by atoms with E-state index in [4.69, 9.17) is 16.7 Å². The van der Waals surface area contributed by atoms with Gasteiger partial charge in [-0.25, -0.2) is 9.78 Å². The predicted octanol–water partition coefficient (Wildman–Crippen LogP) is 2.11. The highest BCUT2D eigenvalue weighted by molar-refractivity contribution is 6.33. The molecule has 0 radical (unpaired) electrons. The fourth-order valence-electron chi connectivity index (χ4n) is 3.25. The summed E-state index contributed by atoms with van der Waals surface area (Å²) < 4.78 is 0. The number of pyridine rings is 1. The average molecular weight is 296 g/mol. The number of fused-ring (bicyclic) bond motifs is 1. The van der Waals surface area contributed by atoms with Gasteiger partial charge in [0.25, 0.3) is 0 Å². The molecule has 6 heteroatoms. The standard InChI is InChI=1S/C14H18ClN3O2/c1-9-7-17-6-2-3-10(17)8-18(9)12-5-4-11(15)13(16-12)14(19)20/h4-5,9-10H,2-3,6-8H2,1H3,(H,19,20). The molecule has 1 aromatic heterocycles.